The van der Waals surface area contributed by atoms with Gasteiger partial charge in [-0.15, -0.1) is 0 Å². The molecule has 0 unspecified atom stereocenters. The van der Waals surface area contributed by atoms with Crippen molar-refractivity contribution >= 4 is 24.0 Å². The molecule has 3 rings (SSSR count). The Kier molecular flexibility index (Phi) is 6.58. The molecule has 1 aliphatic heterocycles. The van der Waals surface area contributed by atoms with E-state index >= 15 is 0 Å². The summed E-state index contributed by atoms with van der Waals surface area (Å²) in [5.74, 6) is -1.48. The Morgan fingerprint density at radius 2 is 2.20 bits per heavy atom. The lowest BCUT2D eigenvalue weighted by Crippen LogP contribution is -2.48. The van der Waals surface area contributed by atoms with Crippen molar-refractivity contribution in [3.8, 4) is 0 Å². The molecule has 1 aliphatic carbocycles. The van der Waals surface area contributed by atoms with Gasteiger partial charge in [0.15, 0.2) is 12.0 Å². The second-order valence-electron chi connectivity index (χ2n) is 8.64. The lowest BCUT2D eigenvalue weighted by Gasteiger charge is -2.28. The van der Waals surface area contributed by atoms with E-state index in [-0.39, 0.29) is 23.1 Å². The van der Waals surface area contributed by atoms with E-state index < -0.39 is 17.8 Å². The molecule has 0 aromatic carbocycles. The maximum absolute atomic E-state index is 13.4. The molecule has 2 fully saturated rings. The van der Waals surface area contributed by atoms with Crippen LogP contribution in [0.5, 0.6) is 0 Å². The molecule has 0 radical (unpaired) electrons. The first-order chi connectivity index (χ1) is 14.3. The number of carbonyl (C=O) groups is 3. The minimum absolute atomic E-state index is 0.0124. The fraction of sp³-hybridized carbons (Fsp3) is 0.619. The van der Waals surface area contributed by atoms with Gasteiger partial charge in [-0.25, -0.2) is 14.5 Å². The second-order valence-corrected chi connectivity index (χ2v) is 8.64. The summed E-state index contributed by atoms with van der Waals surface area (Å²) in [5, 5.41) is 12.4. The van der Waals surface area contributed by atoms with E-state index in [1.54, 1.807) is 11.9 Å². The first kappa shape index (κ1) is 22.0. The number of anilines is 1. The van der Waals surface area contributed by atoms with Gasteiger partial charge in [0.05, 0.1) is 5.92 Å². The quantitative estimate of drug-likeness (QED) is 0.360. The highest BCUT2D eigenvalue weighted by Gasteiger charge is 2.56. The molecule has 2 N–H and O–H groups in total. The molecular formula is C21H30FN4O4+. The number of nitrogens with zero attached hydrogens (tertiary/aromatic N) is 3. The Bertz CT molecular complexity index is 814. The number of hydrogen-bond donors (Lipinski definition) is 2. The number of likely N-dealkylation sites (tertiary alicyclic amines) is 1. The number of rotatable bonds is 9. The van der Waals surface area contributed by atoms with Crippen LogP contribution in [0.1, 0.15) is 45.4 Å². The van der Waals surface area contributed by atoms with Crippen molar-refractivity contribution in [1.82, 2.24) is 9.80 Å². The van der Waals surface area contributed by atoms with Crippen molar-refractivity contribution in [2.24, 2.45) is 11.3 Å². The van der Waals surface area contributed by atoms with Crippen LogP contribution in [0.15, 0.2) is 18.3 Å². The summed E-state index contributed by atoms with van der Waals surface area (Å²) in [4.78, 5) is 40.6. The van der Waals surface area contributed by atoms with Gasteiger partial charge in [-0.05, 0) is 41.9 Å². The Morgan fingerprint density at radius 3 is 2.80 bits per heavy atom. The average Bonchev–Trinajstić information content (AvgIpc) is 3.36. The third-order valence-electron chi connectivity index (χ3n) is 6.14. The van der Waals surface area contributed by atoms with Crippen molar-refractivity contribution in [1.29, 1.82) is 0 Å². The standard InChI is InChI=1S/C21H29FN4O4/c1-3-4-5-15(11-24(2)14-27)20(29)25-13-21(8-9-21)10-17(25)19(28)23-18-7-6-16(22)12-26(18)30/h6-7,12,14-15,17,30H,3-5,8-11,13H2,1-2H3/p+1/t15-,17+/m1/s1. The molecule has 164 valence electrons. The van der Waals surface area contributed by atoms with E-state index in [2.05, 4.69) is 5.32 Å². The smallest absolute Gasteiger partial charge is 0.330 e. The number of amides is 3. The average molecular weight is 421 g/mol. The molecule has 1 saturated carbocycles. The van der Waals surface area contributed by atoms with E-state index in [1.807, 2.05) is 6.92 Å². The van der Waals surface area contributed by atoms with Crippen LogP contribution in [0.4, 0.5) is 10.2 Å². The molecule has 2 heterocycles. The van der Waals surface area contributed by atoms with Gasteiger partial charge in [-0.1, -0.05) is 19.8 Å². The Hall–Kier alpha value is -2.71. The van der Waals surface area contributed by atoms with Crippen LogP contribution in [0.3, 0.4) is 0 Å². The molecule has 2 atom stereocenters. The molecule has 9 heteroatoms. The maximum atomic E-state index is 13.4. The van der Waals surface area contributed by atoms with Gasteiger partial charge in [0.1, 0.15) is 6.04 Å². The van der Waals surface area contributed by atoms with Gasteiger partial charge in [0.2, 0.25) is 12.3 Å². The monoisotopic (exact) mass is 421 g/mol. The summed E-state index contributed by atoms with van der Waals surface area (Å²) in [6.07, 6.45) is 6.53. The highest BCUT2D eigenvalue weighted by molar-refractivity contribution is 5.97. The molecule has 0 bridgehead atoms. The highest BCUT2D eigenvalue weighted by Crippen LogP contribution is 2.55. The number of pyridine rings is 1. The van der Waals surface area contributed by atoms with Crippen LogP contribution in [-0.4, -0.2) is 59.4 Å². The number of halogens is 1. The Morgan fingerprint density at radius 1 is 1.47 bits per heavy atom. The Labute approximate surface area is 175 Å². The van der Waals surface area contributed by atoms with Crippen molar-refractivity contribution in [3.05, 3.63) is 24.1 Å². The lowest BCUT2D eigenvalue weighted by atomic mass is 9.99. The van der Waals surface area contributed by atoms with Crippen LogP contribution < -0.4 is 10.0 Å². The summed E-state index contributed by atoms with van der Waals surface area (Å²) in [6, 6.07) is 1.75. The lowest BCUT2D eigenvalue weighted by molar-refractivity contribution is -0.894. The topological polar surface area (TPSA) is 93.8 Å². The van der Waals surface area contributed by atoms with Crippen molar-refractivity contribution in [3.63, 3.8) is 0 Å². The van der Waals surface area contributed by atoms with Crippen LogP contribution in [0, 0.1) is 17.2 Å². The SMILES string of the molecule is CCCC[C@H](CN(C)C=O)C(=O)N1CC2(CC2)C[C@H]1C(=O)Nc1ccc(F)c[n+]1O. The van der Waals surface area contributed by atoms with Gasteiger partial charge in [0.25, 0.3) is 0 Å². The van der Waals surface area contributed by atoms with Crippen LogP contribution >= 0.6 is 0 Å². The molecule has 3 amide bonds. The summed E-state index contributed by atoms with van der Waals surface area (Å²) in [6.45, 7) is 2.89. The zero-order valence-corrected chi connectivity index (χ0v) is 17.5. The normalized spacial score (nSPS) is 20.1. The summed E-state index contributed by atoms with van der Waals surface area (Å²) < 4.78 is 13.7. The number of unbranched alkanes of at least 4 members (excludes halogenated alkanes) is 1. The van der Waals surface area contributed by atoms with E-state index in [0.717, 1.165) is 37.9 Å². The summed E-state index contributed by atoms with van der Waals surface area (Å²) in [7, 11) is 1.64. The first-order valence-electron chi connectivity index (χ1n) is 10.5. The van der Waals surface area contributed by atoms with E-state index in [0.29, 0.717) is 37.1 Å². The summed E-state index contributed by atoms with van der Waals surface area (Å²) >= 11 is 0. The minimum atomic E-state index is -0.657. The third kappa shape index (κ3) is 4.88. The Balaban J connectivity index is 1.77. The number of nitrogens with one attached hydrogen (secondary N) is 1. The predicted molar refractivity (Wildman–Crippen MR) is 106 cm³/mol. The van der Waals surface area contributed by atoms with Gasteiger partial charge in [-0.2, -0.15) is 0 Å². The van der Waals surface area contributed by atoms with Gasteiger partial charge in [-0.3, -0.25) is 9.59 Å². The molecule has 8 nitrogen and oxygen atoms in total. The highest BCUT2D eigenvalue weighted by atomic mass is 19.1. The summed E-state index contributed by atoms with van der Waals surface area (Å²) in [5.41, 5.74) is -0.0124. The minimum Gasteiger partial charge on any atom is -0.350 e. The van der Waals surface area contributed by atoms with Gasteiger partial charge < -0.3 is 15.0 Å². The van der Waals surface area contributed by atoms with Crippen molar-refractivity contribution in [2.45, 2.75) is 51.5 Å². The van der Waals surface area contributed by atoms with Gasteiger partial charge >= 0.3 is 11.7 Å². The van der Waals surface area contributed by atoms with Crippen molar-refractivity contribution in [2.75, 3.05) is 25.5 Å². The number of carbonyl (C=O) groups excluding carboxylic acids is 3. The number of aromatic nitrogens is 1. The van der Waals surface area contributed by atoms with Crippen LogP contribution in [0.2, 0.25) is 0 Å². The number of hydrogen-bond acceptors (Lipinski definition) is 4. The van der Waals surface area contributed by atoms with Crippen LogP contribution in [-0.2, 0) is 14.4 Å². The van der Waals surface area contributed by atoms with Gasteiger partial charge in [0, 0.05) is 26.2 Å². The van der Waals surface area contributed by atoms with E-state index in [4.69, 9.17) is 0 Å². The third-order valence-corrected chi connectivity index (χ3v) is 6.14. The zero-order chi connectivity index (χ0) is 21.9. The first-order valence-corrected chi connectivity index (χ1v) is 10.5. The maximum Gasteiger partial charge on any atom is 0.330 e. The van der Waals surface area contributed by atoms with Crippen molar-refractivity contribution < 1.29 is 28.7 Å². The molecule has 1 spiro atoms. The largest absolute Gasteiger partial charge is 0.350 e. The fourth-order valence-electron chi connectivity index (χ4n) is 4.20. The molecule has 30 heavy (non-hydrogen) atoms. The van der Waals surface area contributed by atoms with E-state index in [1.165, 1.54) is 11.0 Å². The molecule has 1 saturated heterocycles. The van der Waals surface area contributed by atoms with Crippen LogP contribution in [0.25, 0.3) is 0 Å². The molecule has 1 aromatic rings. The fourth-order valence-corrected chi connectivity index (χ4v) is 4.20. The molecular weight excluding hydrogens is 391 g/mol. The molecule has 1 aromatic heterocycles. The zero-order valence-electron chi connectivity index (χ0n) is 17.5. The second kappa shape index (κ2) is 8.97. The van der Waals surface area contributed by atoms with E-state index in [9.17, 15) is 24.0 Å². The molecule has 2 aliphatic rings. The predicted octanol–water partition coefficient (Wildman–Crippen LogP) is 1.56.